The Morgan fingerprint density at radius 2 is 1.90 bits per heavy atom. The van der Waals surface area contributed by atoms with Gasteiger partial charge in [-0.3, -0.25) is 4.79 Å². The van der Waals surface area contributed by atoms with Crippen molar-refractivity contribution in [2.24, 2.45) is 0 Å². The highest BCUT2D eigenvalue weighted by Crippen LogP contribution is 2.27. The van der Waals surface area contributed by atoms with Gasteiger partial charge in [-0.1, -0.05) is 0 Å². The number of Topliss-reactive ketones (excluding diaryl/α,β-unsaturated/α-hetero) is 1. The van der Waals surface area contributed by atoms with Gasteiger partial charge in [-0.15, -0.1) is 0 Å². The van der Waals surface area contributed by atoms with Gasteiger partial charge in [0.15, 0.2) is 5.78 Å². The lowest BCUT2D eigenvalue weighted by atomic mass is 10.0. The summed E-state index contributed by atoms with van der Waals surface area (Å²) in [5.74, 6) is 1.03. The summed E-state index contributed by atoms with van der Waals surface area (Å²) < 4.78 is 5.40. The molecule has 1 aliphatic rings. The topological polar surface area (TPSA) is 42.4 Å². The van der Waals surface area contributed by atoms with Crippen LogP contribution in [0.3, 0.4) is 0 Å². The number of benzene rings is 1. The molecule has 1 aromatic carbocycles. The molecule has 2 heterocycles. The van der Waals surface area contributed by atoms with Crippen molar-refractivity contribution >= 4 is 22.5 Å². The van der Waals surface area contributed by atoms with Crippen LogP contribution in [0.4, 0.5) is 5.82 Å². The first kappa shape index (κ1) is 14.0. The van der Waals surface area contributed by atoms with E-state index in [0.29, 0.717) is 5.56 Å². The zero-order chi connectivity index (χ0) is 15.0. The number of pyridine rings is 1. The van der Waals surface area contributed by atoms with Crippen molar-refractivity contribution in [1.29, 1.82) is 0 Å². The Morgan fingerprint density at radius 1 is 1.19 bits per heavy atom. The number of ether oxygens (including phenoxy) is 1. The fourth-order valence-electron chi connectivity index (χ4n) is 2.90. The molecule has 0 unspecified atom stereocenters. The average Bonchev–Trinajstić information content (AvgIpc) is 2.46. The Bertz CT molecular complexity index is 703. The van der Waals surface area contributed by atoms with Crippen molar-refractivity contribution in [2.45, 2.75) is 20.8 Å². The van der Waals surface area contributed by atoms with Crippen molar-refractivity contribution in [2.75, 3.05) is 31.2 Å². The van der Waals surface area contributed by atoms with Gasteiger partial charge in [0.2, 0.25) is 0 Å². The van der Waals surface area contributed by atoms with Crippen LogP contribution in [-0.2, 0) is 4.74 Å². The molecule has 0 radical (unpaired) electrons. The van der Waals surface area contributed by atoms with Crippen molar-refractivity contribution < 1.29 is 9.53 Å². The van der Waals surface area contributed by atoms with E-state index in [9.17, 15) is 4.79 Å². The number of nitrogens with zero attached hydrogens (tertiary/aromatic N) is 2. The van der Waals surface area contributed by atoms with Crippen LogP contribution in [0, 0.1) is 13.8 Å². The lowest BCUT2D eigenvalue weighted by Gasteiger charge is -2.29. The second-order valence-electron chi connectivity index (χ2n) is 5.67. The number of aromatic nitrogens is 1. The Labute approximate surface area is 124 Å². The van der Waals surface area contributed by atoms with Crippen LogP contribution in [0.2, 0.25) is 0 Å². The van der Waals surface area contributed by atoms with Gasteiger partial charge in [-0.05, 0) is 50.1 Å². The lowest BCUT2D eigenvalue weighted by Crippen LogP contribution is -2.37. The van der Waals surface area contributed by atoms with Gasteiger partial charge >= 0.3 is 0 Å². The summed E-state index contributed by atoms with van der Waals surface area (Å²) in [6, 6.07) is 6.15. The summed E-state index contributed by atoms with van der Waals surface area (Å²) >= 11 is 0. The minimum atomic E-state index is 0.0629. The third kappa shape index (κ3) is 2.63. The summed E-state index contributed by atoms with van der Waals surface area (Å²) in [6.07, 6.45) is 0. The molecule has 1 saturated heterocycles. The number of rotatable bonds is 2. The zero-order valence-electron chi connectivity index (χ0n) is 12.8. The monoisotopic (exact) mass is 284 g/mol. The molecule has 0 spiro atoms. The summed E-state index contributed by atoms with van der Waals surface area (Å²) in [5.41, 5.74) is 3.75. The molecular weight excluding hydrogens is 264 g/mol. The van der Waals surface area contributed by atoms with Gasteiger partial charge in [0.05, 0.1) is 18.7 Å². The second kappa shape index (κ2) is 5.45. The highest BCUT2D eigenvalue weighted by atomic mass is 16.5. The SMILES string of the molecule is CC(=O)c1cc(C)cc2cc(C)c(N3CCOCC3)nc12. The number of hydrogen-bond acceptors (Lipinski definition) is 4. The third-order valence-electron chi connectivity index (χ3n) is 3.92. The van der Waals surface area contributed by atoms with Crippen LogP contribution >= 0.6 is 0 Å². The van der Waals surface area contributed by atoms with Gasteiger partial charge < -0.3 is 9.64 Å². The maximum Gasteiger partial charge on any atom is 0.162 e. The summed E-state index contributed by atoms with van der Waals surface area (Å²) in [7, 11) is 0. The fourth-order valence-corrected chi connectivity index (χ4v) is 2.90. The molecule has 0 bridgehead atoms. The number of ketones is 1. The Hall–Kier alpha value is -1.94. The number of aryl methyl sites for hydroxylation is 2. The molecular formula is C17H20N2O2. The number of fused-ring (bicyclic) bond motifs is 1. The molecule has 110 valence electrons. The minimum Gasteiger partial charge on any atom is -0.378 e. The smallest absolute Gasteiger partial charge is 0.162 e. The van der Waals surface area contributed by atoms with Gasteiger partial charge in [0.25, 0.3) is 0 Å². The molecule has 1 aliphatic heterocycles. The van der Waals surface area contributed by atoms with Crippen molar-refractivity contribution in [1.82, 2.24) is 4.98 Å². The first-order chi connectivity index (χ1) is 10.1. The van der Waals surface area contributed by atoms with Gasteiger partial charge in [-0.2, -0.15) is 0 Å². The Balaban J connectivity index is 2.18. The van der Waals surface area contributed by atoms with E-state index in [1.165, 1.54) is 0 Å². The number of hydrogen-bond donors (Lipinski definition) is 0. The number of morpholine rings is 1. The van der Waals surface area contributed by atoms with Crippen LogP contribution in [0.1, 0.15) is 28.4 Å². The maximum absolute atomic E-state index is 11.9. The summed E-state index contributed by atoms with van der Waals surface area (Å²) in [6.45, 7) is 8.84. The summed E-state index contributed by atoms with van der Waals surface area (Å²) in [4.78, 5) is 19.0. The Morgan fingerprint density at radius 3 is 2.57 bits per heavy atom. The van der Waals surface area contributed by atoms with E-state index in [0.717, 1.165) is 54.2 Å². The number of carbonyl (C=O) groups excluding carboxylic acids is 1. The number of anilines is 1. The van der Waals surface area contributed by atoms with E-state index in [1.807, 2.05) is 13.0 Å². The van der Waals surface area contributed by atoms with Gasteiger partial charge in [0.1, 0.15) is 5.82 Å². The first-order valence-electron chi connectivity index (χ1n) is 7.32. The number of carbonyl (C=O) groups is 1. The fraction of sp³-hybridized carbons (Fsp3) is 0.412. The van der Waals surface area contributed by atoms with E-state index in [-0.39, 0.29) is 5.78 Å². The zero-order valence-corrected chi connectivity index (χ0v) is 12.8. The minimum absolute atomic E-state index is 0.0629. The highest BCUT2D eigenvalue weighted by Gasteiger charge is 2.17. The van der Waals surface area contributed by atoms with Gasteiger partial charge in [0, 0.05) is 24.0 Å². The molecule has 0 saturated carbocycles. The molecule has 2 aromatic rings. The first-order valence-corrected chi connectivity index (χ1v) is 7.32. The molecule has 0 aliphatic carbocycles. The molecule has 1 fully saturated rings. The predicted octanol–water partition coefficient (Wildman–Crippen LogP) is 2.89. The van der Waals surface area contributed by atoms with Crippen molar-refractivity contribution in [3.8, 4) is 0 Å². The van der Waals surface area contributed by atoms with E-state index in [2.05, 4.69) is 24.0 Å². The normalized spacial score (nSPS) is 15.5. The van der Waals surface area contributed by atoms with Crippen LogP contribution in [0.5, 0.6) is 0 Å². The molecule has 0 atom stereocenters. The molecule has 4 heteroatoms. The quantitative estimate of drug-likeness (QED) is 0.795. The lowest BCUT2D eigenvalue weighted by molar-refractivity contribution is 0.101. The van der Waals surface area contributed by atoms with Crippen LogP contribution in [0.15, 0.2) is 18.2 Å². The second-order valence-corrected chi connectivity index (χ2v) is 5.67. The van der Waals surface area contributed by atoms with Crippen LogP contribution in [0.25, 0.3) is 10.9 Å². The molecule has 4 nitrogen and oxygen atoms in total. The average molecular weight is 284 g/mol. The Kier molecular flexibility index (Phi) is 3.64. The highest BCUT2D eigenvalue weighted by molar-refractivity contribution is 6.06. The van der Waals surface area contributed by atoms with E-state index >= 15 is 0 Å². The summed E-state index contributed by atoms with van der Waals surface area (Å²) in [5, 5.41) is 1.04. The predicted molar refractivity (Wildman–Crippen MR) is 84.3 cm³/mol. The van der Waals surface area contributed by atoms with Crippen LogP contribution in [-0.4, -0.2) is 37.1 Å². The molecule has 0 N–H and O–H groups in total. The van der Waals surface area contributed by atoms with E-state index in [1.54, 1.807) is 6.92 Å². The standard InChI is InChI=1S/C17H20N2O2/c1-11-8-14-10-12(2)17(19-4-6-21-7-5-19)18-16(14)15(9-11)13(3)20/h8-10H,4-7H2,1-3H3. The largest absolute Gasteiger partial charge is 0.378 e. The third-order valence-corrected chi connectivity index (χ3v) is 3.92. The van der Waals surface area contributed by atoms with Gasteiger partial charge in [-0.25, -0.2) is 4.98 Å². The van der Waals surface area contributed by atoms with Crippen LogP contribution < -0.4 is 4.90 Å². The molecule has 21 heavy (non-hydrogen) atoms. The molecule has 0 amide bonds. The maximum atomic E-state index is 11.9. The van der Waals surface area contributed by atoms with Crippen molar-refractivity contribution in [3.05, 3.63) is 34.9 Å². The van der Waals surface area contributed by atoms with Crippen molar-refractivity contribution in [3.63, 3.8) is 0 Å². The van der Waals surface area contributed by atoms with E-state index < -0.39 is 0 Å². The molecule has 3 rings (SSSR count). The van der Waals surface area contributed by atoms with E-state index in [4.69, 9.17) is 9.72 Å². The molecule has 1 aromatic heterocycles.